The van der Waals surface area contributed by atoms with Gasteiger partial charge in [-0.2, -0.15) is 5.10 Å². The average Bonchev–Trinajstić information content (AvgIpc) is 3.37. The number of anilines is 1. The van der Waals surface area contributed by atoms with Gasteiger partial charge >= 0.3 is 0 Å². The maximum atomic E-state index is 10.2. The van der Waals surface area contributed by atoms with E-state index in [-0.39, 0.29) is 0 Å². The minimum atomic E-state index is -0.840. The van der Waals surface area contributed by atoms with Crippen molar-refractivity contribution < 1.29 is 5.11 Å². The maximum Gasteiger partial charge on any atom is 0.177 e. The van der Waals surface area contributed by atoms with Gasteiger partial charge in [-0.05, 0) is 57.7 Å². The largest absolute Gasteiger partial charge is 0.389 e. The van der Waals surface area contributed by atoms with Crippen LogP contribution < -0.4 is 5.32 Å². The summed E-state index contributed by atoms with van der Waals surface area (Å²) in [6.45, 7) is 8.01. The topological polar surface area (TPSA) is 91.1 Å². The first kappa shape index (κ1) is 21.4. The number of aliphatic hydroxyl groups is 1. The Bertz CT molecular complexity index is 1320. The molecule has 170 valence electrons. The van der Waals surface area contributed by atoms with Crippen LogP contribution in [0.3, 0.4) is 0 Å². The van der Waals surface area contributed by atoms with Gasteiger partial charge < -0.3 is 15.4 Å². The SMILES string of the molecule is CC=C(C)c1cc(NCC(C)(C)O)c2ncc(-c3ccc(-c4cnc(C5CC5)[nH]4)cc3)n2n1. The monoisotopic (exact) mass is 442 g/mol. The van der Waals surface area contributed by atoms with Gasteiger partial charge in [0, 0.05) is 18.0 Å². The van der Waals surface area contributed by atoms with Crippen LogP contribution >= 0.6 is 0 Å². The fourth-order valence-electron chi connectivity index (χ4n) is 3.82. The van der Waals surface area contributed by atoms with Crippen LogP contribution in [-0.2, 0) is 0 Å². The molecule has 0 bridgehead atoms. The molecule has 1 fully saturated rings. The van der Waals surface area contributed by atoms with Gasteiger partial charge in [0.05, 0.1) is 40.8 Å². The molecule has 7 heteroatoms. The first-order chi connectivity index (χ1) is 15.8. The molecule has 0 spiro atoms. The molecular formula is C26H30N6O. The van der Waals surface area contributed by atoms with Gasteiger partial charge in [0.1, 0.15) is 5.82 Å². The van der Waals surface area contributed by atoms with Crippen molar-refractivity contribution in [3.05, 3.63) is 60.3 Å². The zero-order chi connectivity index (χ0) is 23.2. The molecule has 1 aromatic carbocycles. The van der Waals surface area contributed by atoms with E-state index in [0.29, 0.717) is 12.5 Å². The molecule has 1 saturated carbocycles. The number of aromatic nitrogens is 5. The summed E-state index contributed by atoms with van der Waals surface area (Å²) in [4.78, 5) is 12.6. The molecule has 3 heterocycles. The van der Waals surface area contributed by atoms with Crippen molar-refractivity contribution in [2.45, 2.75) is 52.1 Å². The van der Waals surface area contributed by atoms with Gasteiger partial charge in [0.15, 0.2) is 5.65 Å². The van der Waals surface area contributed by atoms with E-state index in [0.717, 1.165) is 50.9 Å². The lowest BCUT2D eigenvalue weighted by Crippen LogP contribution is -2.29. The fourth-order valence-corrected chi connectivity index (χ4v) is 3.82. The summed E-state index contributed by atoms with van der Waals surface area (Å²) >= 11 is 0. The zero-order valence-corrected chi connectivity index (χ0v) is 19.6. The van der Waals surface area contributed by atoms with Crippen LogP contribution in [0, 0.1) is 0 Å². The summed E-state index contributed by atoms with van der Waals surface area (Å²) < 4.78 is 1.88. The summed E-state index contributed by atoms with van der Waals surface area (Å²) in [5.74, 6) is 1.70. The Morgan fingerprint density at radius 3 is 2.58 bits per heavy atom. The third kappa shape index (κ3) is 4.41. The quantitative estimate of drug-likeness (QED) is 0.363. The lowest BCUT2D eigenvalue weighted by molar-refractivity contribution is 0.0945. The van der Waals surface area contributed by atoms with Crippen LogP contribution in [-0.4, -0.2) is 41.8 Å². The van der Waals surface area contributed by atoms with Crippen LogP contribution in [0.25, 0.3) is 33.7 Å². The van der Waals surface area contributed by atoms with Crippen LogP contribution in [0.1, 0.15) is 58.0 Å². The molecule has 0 aliphatic heterocycles. The highest BCUT2D eigenvalue weighted by Gasteiger charge is 2.26. The second-order valence-corrected chi connectivity index (χ2v) is 9.49. The predicted molar refractivity (Wildman–Crippen MR) is 132 cm³/mol. The number of imidazole rings is 2. The normalized spacial score (nSPS) is 14.8. The molecule has 0 radical (unpaired) electrons. The molecule has 5 rings (SSSR count). The van der Waals surface area contributed by atoms with Gasteiger partial charge in [-0.3, -0.25) is 0 Å². The van der Waals surface area contributed by atoms with Crippen LogP contribution in [0.2, 0.25) is 0 Å². The number of rotatable bonds is 7. The number of allylic oxidation sites excluding steroid dienone is 2. The highest BCUT2D eigenvalue weighted by molar-refractivity contribution is 5.77. The van der Waals surface area contributed by atoms with Crippen LogP contribution in [0.15, 0.2) is 48.8 Å². The van der Waals surface area contributed by atoms with E-state index in [1.165, 1.54) is 12.8 Å². The Kier molecular flexibility index (Phi) is 5.29. The van der Waals surface area contributed by atoms with E-state index < -0.39 is 5.60 Å². The number of aromatic amines is 1. The molecule has 4 aromatic rings. The lowest BCUT2D eigenvalue weighted by atomic mass is 10.1. The number of nitrogens with zero attached hydrogens (tertiary/aromatic N) is 4. The van der Waals surface area contributed by atoms with Gasteiger partial charge in [-0.25, -0.2) is 14.5 Å². The summed E-state index contributed by atoms with van der Waals surface area (Å²) in [6, 6.07) is 10.4. The van der Waals surface area contributed by atoms with E-state index in [2.05, 4.69) is 44.5 Å². The highest BCUT2D eigenvalue weighted by atomic mass is 16.3. The van der Waals surface area contributed by atoms with Crippen molar-refractivity contribution in [1.82, 2.24) is 24.6 Å². The van der Waals surface area contributed by atoms with Crippen molar-refractivity contribution in [3.8, 4) is 22.5 Å². The fraction of sp³-hybridized carbons (Fsp3) is 0.346. The number of hydrogen-bond acceptors (Lipinski definition) is 5. The molecule has 1 aliphatic rings. The molecule has 1 aliphatic carbocycles. The summed E-state index contributed by atoms with van der Waals surface area (Å²) in [5.41, 5.74) is 6.77. The smallest absolute Gasteiger partial charge is 0.177 e. The van der Waals surface area contributed by atoms with Gasteiger partial charge in [0.2, 0.25) is 0 Å². The first-order valence-corrected chi connectivity index (χ1v) is 11.5. The Labute approximate surface area is 193 Å². The van der Waals surface area contributed by atoms with E-state index >= 15 is 0 Å². The molecular weight excluding hydrogens is 412 g/mol. The maximum absolute atomic E-state index is 10.2. The van der Waals surface area contributed by atoms with Crippen molar-refractivity contribution >= 4 is 16.9 Å². The van der Waals surface area contributed by atoms with Crippen LogP contribution in [0.4, 0.5) is 5.69 Å². The molecule has 3 aromatic heterocycles. The van der Waals surface area contributed by atoms with Crippen molar-refractivity contribution in [1.29, 1.82) is 0 Å². The Balaban J connectivity index is 1.52. The number of nitrogens with one attached hydrogen (secondary N) is 2. The van der Waals surface area contributed by atoms with Gasteiger partial charge in [-0.15, -0.1) is 0 Å². The van der Waals surface area contributed by atoms with E-state index in [1.807, 2.05) is 42.9 Å². The second-order valence-electron chi connectivity index (χ2n) is 9.49. The second kappa shape index (κ2) is 8.15. The molecule has 0 saturated heterocycles. The minimum absolute atomic E-state index is 0.408. The third-order valence-electron chi connectivity index (χ3n) is 6.07. The third-order valence-corrected chi connectivity index (χ3v) is 6.07. The first-order valence-electron chi connectivity index (χ1n) is 11.5. The molecule has 0 amide bonds. The van der Waals surface area contributed by atoms with Gasteiger partial charge in [-0.1, -0.05) is 30.3 Å². The Morgan fingerprint density at radius 2 is 1.91 bits per heavy atom. The number of H-pyrrole nitrogens is 1. The zero-order valence-electron chi connectivity index (χ0n) is 19.6. The molecule has 3 N–H and O–H groups in total. The molecule has 33 heavy (non-hydrogen) atoms. The predicted octanol–water partition coefficient (Wildman–Crippen LogP) is 5.27. The Hall–Kier alpha value is -3.45. The van der Waals surface area contributed by atoms with Crippen molar-refractivity contribution in [3.63, 3.8) is 0 Å². The highest BCUT2D eigenvalue weighted by Crippen LogP contribution is 2.39. The van der Waals surface area contributed by atoms with Crippen LogP contribution in [0.5, 0.6) is 0 Å². The number of fused-ring (bicyclic) bond motifs is 1. The lowest BCUT2D eigenvalue weighted by Gasteiger charge is -2.19. The standard InChI is InChI=1S/C26H30N6O/c1-5-16(2)20-12-21(29-15-26(3,4)33)25-28-14-23(32(25)31-20)18-8-6-17(7-9-18)22-13-27-24(30-22)19-10-11-19/h5-9,12-14,19,29,33H,10-11,15H2,1-4H3,(H,27,30). The molecule has 0 atom stereocenters. The number of hydrogen-bond donors (Lipinski definition) is 3. The van der Waals surface area contributed by atoms with Crippen molar-refractivity contribution in [2.24, 2.45) is 0 Å². The van der Waals surface area contributed by atoms with E-state index in [4.69, 9.17) is 5.10 Å². The summed E-state index contributed by atoms with van der Waals surface area (Å²) in [5, 5.41) is 18.4. The Morgan fingerprint density at radius 1 is 1.18 bits per heavy atom. The average molecular weight is 443 g/mol. The minimum Gasteiger partial charge on any atom is -0.389 e. The van der Waals surface area contributed by atoms with Crippen molar-refractivity contribution in [2.75, 3.05) is 11.9 Å². The van der Waals surface area contributed by atoms with E-state index in [9.17, 15) is 5.11 Å². The number of benzene rings is 1. The summed E-state index contributed by atoms with van der Waals surface area (Å²) in [7, 11) is 0. The summed E-state index contributed by atoms with van der Waals surface area (Å²) in [6.07, 6.45) is 8.27. The van der Waals surface area contributed by atoms with E-state index in [1.54, 1.807) is 13.8 Å². The molecule has 7 nitrogen and oxygen atoms in total. The van der Waals surface area contributed by atoms with Gasteiger partial charge in [0.25, 0.3) is 0 Å². The molecule has 0 unspecified atom stereocenters.